The van der Waals surface area contributed by atoms with Crippen molar-refractivity contribution in [3.05, 3.63) is 29.6 Å². The number of halogens is 1. The highest BCUT2D eigenvalue weighted by atomic mass is 19.1. The molecule has 0 radical (unpaired) electrons. The van der Waals surface area contributed by atoms with E-state index in [0.29, 0.717) is 12.1 Å². The molecule has 13 heavy (non-hydrogen) atoms. The van der Waals surface area contributed by atoms with Crippen molar-refractivity contribution in [1.82, 2.24) is 0 Å². The number of hydrogen-bond donors (Lipinski definition) is 1. The lowest BCUT2D eigenvalue weighted by Crippen LogP contribution is -2.13. The van der Waals surface area contributed by atoms with Crippen LogP contribution >= 0.6 is 0 Å². The molecule has 0 saturated heterocycles. The van der Waals surface area contributed by atoms with Crippen LogP contribution in [0.5, 0.6) is 0 Å². The number of benzene rings is 1. The average molecular weight is 183 g/mol. The zero-order chi connectivity index (χ0) is 9.84. The number of para-hydroxylation sites is 1. The fraction of sp³-hybridized carbons (Fsp3) is 0.400. The largest absolute Gasteiger partial charge is 0.396 e. The molecule has 72 valence electrons. The van der Waals surface area contributed by atoms with E-state index in [1.165, 1.54) is 6.07 Å². The van der Waals surface area contributed by atoms with Crippen molar-refractivity contribution in [1.29, 1.82) is 0 Å². The van der Waals surface area contributed by atoms with Crippen molar-refractivity contribution >= 4 is 5.69 Å². The van der Waals surface area contributed by atoms with Crippen LogP contribution < -0.4 is 4.90 Å². The summed E-state index contributed by atoms with van der Waals surface area (Å²) in [5, 5.41) is 8.78. The van der Waals surface area contributed by atoms with Crippen LogP contribution in [0.1, 0.15) is 5.56 Å². The number of aliphatic hydroxyl groups excluding tert-OH is 1. The number of nitrogens with zero attached hydrogens (tertiary/aromatic N) is 1. The molecule has 1 N–H and O–H groups in total. The van der Waals surface area contributed by atoms with Gasteiger partial charge in [-0.2, -0.15) is 0 Å². The van der Waals surface area contributed by atoms with E-state index < -0.39 is 0 Å². The fourth-order valence-corrected chi connectivity index (χ4v) is 1.38. The maximum Gasteiger partial charge on any atom is 0.146 e. The standard InChI is InChI=1S/C10H14FNO/c1-12(2)10-8(6-7-13)4-3-5-9(10)11/h3-5,13H,6-7H2,1-2H3. The summed E-state index contributed by atoms with van der Waals surface area (Å²) in [5.41, 5.74) is 1.41. The molecule has 1 aromatic carbocycles. The third-order valence-corrected chi connectivity index (χ3v) is 1.90. The van der Waals surface area contributed by atoms with Crippen molar-refractivity contribution in [2.45, 2.75) is 6.42 Å². The van der Waals surface area contributed by atoms with E-state index in [2.05, 4.69) is 0 Å². The second-order valence-corrected chi connectivity index (χ2v) is 3.12. The molecule has 0 fully saturated rings. The molecule has 2 nitrogen and oxygen atoms in total. The Morgan fingerprint density at radius 3 is 2.62 bits per heavy atom. The summed E-state index contributed by atoms with van der Waals surface area (Å²) in [6, 6.07) is 4.91. The number of hydrogen-bond acceptors (Lipinski definition) is 2. The van der Waals surface area contributed by atoms with E-state index >= 15 is 0 Å². The monoisotopic (exact) mass is 183 g/mol. The Kier molecular flexibility index (Phi) is 3.25. The van der Waals surface area contributed by atoms with Crippen LogP contribution in [0.2, 0.25) is 0 Å². The van der Waals surface area contributed by atoms with Gasteiger partial charge in [0.1, 0.15) is 5.82 Å². The van der Waals surface area contributed by atoms with Crippen molar-refractivity contribution in [2.75, 3.05) is 25.6 Å². The first-order valence-corrected chi connectivity index (χ1v) is 4.22. The fourth-order valence-electron chi connectivity index (χ4n) is 1.38. The zero-order valence-corrected chi connectivity index (χ0v) is 7.92. The molecule has 0 spiro atoms. The Labute approximate surface area is 77.6 Å². The molecule has 0 saturated carbocycles. The first-order valence-electron chi connectivity index (χ1n) is 4.22. The molecule has 0 aliphatic rings. The molecule has 0 aliphatic carbocycles. The van der Waals surface area contributed by atoms with Gasteiger partial charge in [0.2, 0.25) is 0 Å². The highest BCUT2D eigenvalue weighted by molar-refractivity contribution is 5.53. The van der Waals surface area contributed by atoms with Gasteiger partial charge in [0, 0.05) is 20.7 Å². The Morgan fingerprint density at radius 1 is 1.38 bits per heavy atom. The normalized spacial score (nSPS) is 10.2. The lowest BCUT2D eigenvalue weighted by molar-refractivity contribution is 0.299. The number of rotatable bonds is 3. The van der Waals surface area contributed by atoms with Gasteiger partial charge in [0.05, 0.1) is 5.69 Å². The van der Waals surface area contributed by atoms with Gasteiger partial charge in [-0.15, -0.1) is 0 Å². The Balaban J connectivity index is 3.10. The summed E-state index contributed by atoms with van der Waals surface area (Å²) in [6.45, 7) is 0.0459. The maximum absolute atomic E-state index is 13.3. The van der Waals surface area contributed by atoms with E-state index in [-0.39, 0.29) is 12.4 Å². The number of aliphatic hydroxyl groups is 1. The van der Waals surface area contributed by atoms with E-state index in [9.17, 15) is 4.39 Å². The molecule has 0 heterocycles. The van der Waals surface area contributed by atoms with Gasteiger partial charge >= 0.3 is 0 Å². The van der Waals surface area contributed by atoms with Gasteiger partial charge in [0.25, 0.3) is 0 Å². The van der Waals surface area contributed by atoms with Gasteiger partial charge in [-0.3, -0.25) is 0 Å². The average Bonchev–Trinajstić information content (AvgIpc) is 2.04. The van der Waals surface area contributed by atoms with Gasteiger partial charge < -0.3 is 10.0 Å². The van der Waals surface area contributed by atoms with Gasteiger partial charge in [0.15, 0.2) is 0 Å². The summed E-state index contributed by atoms with van der Waals surface area (Å²) in [5.74, 6) is -0.240. The predicted octanol–water partition coefficient (Wildman–Crippen LogP) is 1.43. The number of anilines is 1. The summed E-state index contributed by atoms with van der Waals surface area (Å²) < 4.78 is 13.3. The van der Waals surface area contributed by atoms with Crippen LogP contribution in [-0.4, -0.2) is 25.8 Å². The highest BCUT2D eigenvalue weighted by Gasteiger charge is 2.08. The van der Waals surface area contributed by atoms with Gasteiger partial charge in [-0.05, 0) is 18.1 Å². The first-order chi connectivity index (χ1) is 6.16. The smallest absolute Gasteiger partial charge is 0.146 e. The maximum atomic E-state index is 13.3. The molecular weight excluding hydrogens is 169 g/mol. The van der Waals surface area contributed by atoms with Crippen LogP contribution in [0.15, 0.2) is 18.2 Å². The summed E-state index contributed by atoms with van der Waals surface area (Å²) >= 11 is 0. The summed E-state index contributed by atoms with van der Waals surface area (Å²) in [6.07, 6.45) is 0.491. The van der Waals surface area contributed by atoms with Crippen LogP contribution in [0.4, 0.5) is 10.1 Å². The lowest BCUT2D eigenvalue weighted by atomic mass is 10.1. The molecule has 1 rings (SSSR count). The molecule has 0 aliphatic heterocycles. The molecule has 0 bridgehead atoms. The topological polar surface area (TPSA) is 23.5 Å². The summed E-state index contributed by atoms with van der Waals surface area (Å²) in [7, 11) is 3.58. The molecule has 0 atom stereocenters. The first kappa shape index (κ1) is 9.99. The Hall–Kier alpha value is -1.09. The Bertz CT molecular complexity index is 286. The second kappa shape index (κ2) is 4.23. The van der Waals surface area contributed by atoms with Crippen molar-refractivity contribution in [3.63, 3.8) is 0 Å². The third kappa shape index (κ3) is 2.18. The second-order valence-electron chi connectivity index (χ2n) is 3.12. The van der Waals surface area contributed by atoms with E-state index in [1.807, 2.05) is 6.07 Å². The molecule has 1 aromatic rings. The minimum absolute atomic E-state index is 0.0459. The van der Waals surface area contributed by atoms with Crippen LogP contribution in [-0.2, 0) is 6.42 Å². The van der Waals surface area contributed by atoms with Crippen LogP contribution in [0, 0.1) is 5.82 Å². The molecular formula is C10H14FNO. The van der Waals surface area contributed by atoms with Crippen molar-refractivity contribution in [3.8, 4) is 0 Å². The minimum Gasteiger partial charge on any atom is -0.396 e. The van der Waals surface area contributed by atoms with E-state index in [4.69, 9.17) is 5.11 Å². The van der Waals surface area contributed by atoms with Crippen molar-refractivity contribution < 1.29 is 9.50 Å². The van der Waals surface area contributed by atoms with Crippen LogP contribution in [0.3, 0.4) is 0 Å². The molecule has 0 amide bonds. The molecule has 3 heteroatoms. The van der Waals surface area contributed by atoms with Gasteiger partial charge in [-0.1, -0.05) is 12.1 Å². The lowest BCUT2D eigenvalue weighted by Gasteiger charge is -2.17. The Morgan fingerprint density at radius 2 is 2.08 bits per heavy atom. The molecule has 0 aromatic heterocycles. The quantitative estimate of drug-likeness (QED) is 0.766. The minimum atomic E-state index is -0.240. The SMILES string of the molecule is CN(C)c1c(F)cccc1CCO. The summed E-state index contributed by atoms with van der Waals surface area (Å²) in [4.78, 5) is 1.72. The van der Waals surface area contributed by atoms with Gasteiger partial charge in [-0.25, -0.2) is 4.39 Å². The zero-order valence-electron chi connectivity index (χ0n) is 7.92. The van der Waals surface area contributed by atoms with Crippen molar-refractivity contribution in [2.24, 2.45) is 0 Å². The third-order valence-electron chi connectivity index (χ3n) is 1.90. The highest BCUT2D eigenvalue weighted by Crippen LogP contribution is 2.22. The predicted molar refractivity (Wildman–Crippen MR) is 51.5 cm³/mol. The molecule has 0 unspecified atom stereocenters. The van der Waals surface area contributed by atoms with E-state index in [1.54, 1.807) is 25.1 Å². The van der Waals surface area contributed by atoms with Crippen LogP contribution in [0.25, 0.3) is 0 Å². The van der Waals surface area contributed by atoms with E-state index in [0.717, 1.165) is 5.56 Å².